The van der Waals surface area contributed by atoms with Gasteiger partial charge in [-0.15, -0.1) is 0 Å². The average molecular weight is 308 g/mol. The number of hydrogen-bond acceptors (Lipinski definition) is 4. The van der Waals surface area contributed by atoms with E-state index in [-0.39, 0.29) is 12.1 Å². The molecule has 0 aliphatic carbocycles. The van der Waals surface area contributed by atoms with Crippen LogP contribution in [0.5, 0.6) is 0 Å². The van der Waals surface area contributed by atoms with Crippen molar-refractivity contribution in [3.63, 3.8) is 0 Å². The lowest BCUT2D eigenvalue weighted by Crippen LogP contribution is -2.36. The number of aromatic nitrogens is 2. The maximum absolute atomic E-state index is 13.6. The van der Waals surface area contributed by atoms with Gasteiger partial charge in [0, 0.05) is 49.8 Å². The number of nitrogens with one attached hydrogen (secondary N) is 2. The summed E-state index contributed by atoms with van der Waals surface area (Å²) in [7, 11) is 0. The fourth-order valence-corrected chi connectivity index (χ4v) is 2.63. The normalized spacial score (nSPS) is 18.6. The van der Waals surface area contributed by atoms with Crippen molar-refractivity contribution in [1.82, 2.24) is 15.1 Å². The van der Waals surface area contributed by atoms with Crippen molar-refractivity contribution in [2.24, 2.45) is 5.92 Å². The van der Waals surface area contributed by atoms with Gasteiger partial charge in [0.25, 0.3) is 0 Å². The number of aliphatic hydroxyl groups is 1. The summed E-state index contributed by atoms with van der Waals surface area (Å²) in [6.07, 6.45) is 0.747. The molecule has 118 valence electrons. The van der Waals surface area contributed by atoms with E-state index in [4.69, 9.17) is 0 Å². The monoisotopic (exact) mass is 308 g/mol. The highest BCUT2D eigenvalue weighted by molar-refractivity contribution is 5.35. The lowest BCUT2D eigenvalue weighted by Gasteiger charge is -2.25. The van der Waals surface area contributed by atoms with Crippen LogP contribution < -0.4 is 10.6 Å². The number of benzene rings is 1. The summed E-state index contributed by atoms with van der Waals surface area (Å²) in [4.78, 5) is 0. The van der Waals surface area contributed by atoms with Crippen molar-refractivity contribution in [3.05, 3.63) is 47.7 Å². The van der Waals surface area contributed by atoms with Gasteiger partial charge in [-0.3, -0.25) is 0 Å². The predicted molar refractivity (Wildman–Crippen MR) is 78.4 cm³/mol. The van der Waals surface area contributed by atoms with Crippen molar-refractivity contribution in [1.29, 1.82) is 0 Å². The van der Waals surface area contributed by atoms with E-state index in [1.54, 1.807) is 6.20 Å². The van der Waals surface area contributed by atoms with Crippen molar-refractivity contribution < 1.29 is 13.9 Å². The van der Waals surface area contributed by atoms with Gasteiger partial charge in [-0.2, -0.15) is 5.10 Å². The first-order chi connectivity index (χ1) is 10.6. The Bertz CT molecular complexity index is 646. The van der Waals surface area contributed by atoms with Crippen molar-refractivity contribution >= 4 is 5.82 Å². The maximum Gasteiger partial charge on any atom is 0.131 e. The van der Waals surface area contributed by atoms with Crippen molar-refractivity contribution in [3.8, 4) is 0 Å². The van der Waals surface area contributed by atoms with Crippen LogP contribution in [0.2, 0.25) is 0 Å². The van der Waals surface area contributed by atoms with Gasteiger partial charge >= 0.3 is 0 Å². The molecule has 3 N–H and O–H groups in total. The molecule has 1 aliphatic rings. The molecule has 7 heteroatoms. The van der Waals surface area contributed by atoms with Crippen LogP contribution in [-0.2, 0) is 6.54 Å². The quantitative estimate of drug-likeness (QED) is 0.784. The molecule has 22 heavy (non-hydrogen) atoms. The third kappa shape index (κ3) is 3.26. The molecule has 0 amide bonds. The third-order valence-corrected chi connectivity index (χ3v) is 3.81. The number of fused-ring (bicyclic) bond motifs is 1. The number of aliphatic hydroxyl groups excluding tert-OH is 1. The van der Waals surface area contributed by atoms with Crippen LogP contribution in [0.1, 0.15) is 11.7 Å². The Morgan fingerprint density at radius 3 is 3.09 bits per heavy atom. The van der Waals surface area contributed by atoms with Crippen LogP contribution in [0.15, 0.2) is 30.5 Å². The van der Waals surface area contributed by atoms with E-state index in [9.17, 15) is 13.9 Å². The topological polar surface area (TPSA) is 62.1 Å². The van der Waals surface area contributed by atoms with Crippen LogP contribution >= 0.6 is 0 Å². The van der Waals surface area contributed by atoms with E-state index < -0.39 is 17.7 Å². The summed E-state index contributed by atoms with van der Waals surface area (Å²) < 4.78 is 28.3. The largest absolute Gasteiger partial charge is 0.387 e. The first kappa shape index (κ1) is 14.9. The second kappa shape index (κ2) is 6.41. The summed E-state index contributed by atoms with van der Waals surface area (Å²) >= 11 is 0. The summed E-state index contributed by atoms with van der Waals surface area (Å²) in [5.74, 6) is -0.0399. The molecule has 0 radical (unpaired) electrons. The Kier molecular flexibility index (Phi) is 4.35. The fraction of sp³-hybridized carbons (Fsp3) is 0.400. The predicted octanol–water partition coefficient (Wildman–Crippen LogP) is 1.53. The zero-order chi connectivity index (χ0) is 15.5. The number of anilines is 1. The van der Waals surface area contributed by atoms with E-state index in [2.05, 4.69) is 15.7 Å². The maximum atomic E-state index is 13.6. The minimum Gasteiger partial charge on any atom is -0.387 e. The van der Waals surface area contributed by atoms with Crippen LogP contribution in [0.3, 0.4) is 0 Å². The molecule has 0 unspecified atom stereocenters. The lowest BCUT2D eigenvalue weighted by atomic mass is 10.1. The van der Waals surface area contributed by atoms with E-state index >= 15 is 0 Å². The van der Waals surface area contributed by atoms with Crippen LogP contribution in [0, 0.1) is 17.6 Å². The highest BCUT2D eigenvalue weighted by Gasteiger charge is 2.19. The second-order valence-corrected chi connectivity index (χ2v) is 5.49. The van der Waals surface area contributed by atoms with Gasteiger partial charge in [-0.25, -0.2) is 13.5 Å². The van der Waals surface area contributed by atoms with Gasteiger partial charge in [0.2, 0.25) is 0 Å². The molecular formula is C15H18F2N4O. The fourth-order valence-electron chi connectivity index (χ4n) is 2.63. The Labute approximate surface area is 127 Å². The Balaban J connectivity index is 1.49. The molecule has 0 fully saturated rings. The van der Waals surface area contributed by atoms with Crippen LogP contribution in [-0.4, -0.2) is 34.5 Å². The first-order valence-electron chi connectivity index (χ1n) is 7.23. The molecular weight excluding hydrogens is 290 g/mol. The SMILES string of the molecule is O[C@@H](CNC[C@H]1CNc2ccnn2C1)c1ccc(F)cc1F. The molecule has 0 saturated heterocycles. The molecule has 0 saturated carbocycles. The molecule has 5 nitrogen and oxygen atoms in total. The highest BCUT2D eigenvalue weighted by Crippen LogP contribution is 2.18. The van der Waals surface area contributed by atoms with Crippen molar-refractivity contribution in [2.45, 2.75) is 12.6 Å². The Morgan fingerprint density at radius 1 is 1.41 bits per heavy atom. The van der Waals surface area contributed by atoms with Gasteiger partial charge in [-0.05, 0) is 6.07 Å². The van der Waals surface area contributed by atoms with E-state index in [0.29, 0.717) is 12.5 Å². The number of rotatable bonds is 5. The van der Waals surface area contributed by atoms with Crippen molar-refractivity contribution in [2.75, 3.05) is 25.0 Å². The number of halogens is 2. The standard InChI is InChI=1S/C15H18F2N4O/c16-11-1-2-12(13(17)5-11)14(22)8-18-6-10-7-19-15-3-4-20-21(15)9-10/h1-5,10,14,18-19,22H,6-9H2/t10-,14-/m0/s1. The molecule has 1 aromatic heterocycles. The van der Waals surface area contributed by atoms with Gasteiger partial charge in [0.15, 0.2) is 0 Å². The van der Waals surface area contributed by atoms with Crippen LogP contribution in [0.25, 0.3) is 0 Å². The molecule has 1 aliphatic heterocycles. The summed E-state index contributed by atoms with van der Waals surface area (Å²) in [6.45, 7) is 2.50. The molecule has 3 rings (SSSR count). The second-order valence-electron chi connectivity index (χ2n) is 5.49. The smallest absolute Gasteiger partial charge is 0.131 e. The average Bonchev–Trinajstić information content (AvgIpc) is 2.94. The van der Waals surface area contributed by atoms with Gasteiger partial charge < -0.3 is 15.7 Å². The summed E-state index contributed by atoms with van der Waals surface area (Å²) in [5.41, 5.74) is 0.102. The number of nitrogens with zero attached hydrogens (tertiary/aromatic N) is 2. The third-order valence-electron chi connectivity index (χ3n) is 3.81. The number of hydrogen-bond donors (Lipinski definition) is 3. The van der Waals surface area contributed by atoms with E-state index in [1.165, 1.54) is 6.07 Å². The first-order valence-corrected chi connectivity index (χ1v) is 7.23. The van der Waals surface area contributed by atoms with Crippen LogP contribution in [0.4, 0.5) is 14.6 Å². The minimum atomic E-state index is -1.00. The van der Waals surface area contributed by atoms with Gasteiger partial charge in [-0.1, -0.05) is 6.07 Å². The zero-order valence-corrected chi connectivity index (χ0v) is 12.0. The van der Waals surface area contributed by atoms with Gasteiger partial charge in [0.05, 0.1) is 12.3 Å². The summed E-state index contributed by atoms with van der Waals surface area (Å²) in [6, 6.07) is 5.12. The molecule has 2 aromatic rings. The zero-order valence-electron chi connectivity index (χ0n) is 12.0. The van der Waals surface area contributed by atoms with E-state index in [0.717, 1.165) is 31.0 Å². The molecule has 2 atom stereocenters. The molecule has 2 heterocycles. The lowest BCUT2D eigenvalue weighted by molar-refractivity contribution is 0.167. The molecule has 1 aromatic carbocycles. The molecule has 0 spiro atoms. The summed E-state index contributed by atoms with van der Waals surface area (Å²) in [5, 5.41) is 20.6. The highest BCUT2D eigenvalue weighted by atomic mass is 19.1. The molecule has 0 bridgehead atoms. The Hall–Kier alpha value is -1.99. The minimum absolute atomic E-state index is 0.102. The van der Waals surface area contributed by atoms with Gasteiger partial charge in [0.1, 0.15) is 17.5 Å². The van der Waals surface area contributed by atoms with E-state index in [1.807, 2.05) is 10.7 Å². The Morgan fingerprint density at radius 2 is 2.27 bits per heavy atom.